The molecule has 2 aliphatic rings. The lowest BCUT2D eigenvalue weighted by atomic mass is 9.56. The lowest BCUT2D eigenvalue weighted by Gasteiger charge is -2.50. The quantitative estimate of drug-likeness (QED) is 0.668. The number of hydrogen-bond acceptors (Lipinski definition) is 1. The zero-order chi connectivity index (χ0) is 11.9. The monoisotopic (exact) mass is 220 g/mol. The third kappa shape index (κ3) is 1.75. The van der Waals surface area contributed by atoms with Gasteiger partial charge in [0.25, 0.3) is 0 Å². The van der Waals surface area contributed by atoms with E-state index in [0.29, 0.717) is 11.8 Å². The first-order chi connectivity index (χ1) is 7.45. The Kier molecular flexibility index (Phi) is 3.00. The number of allylic oxidation sites excluding steroid dienone is 3. The van der Waals surface area contributed by atoms with Crippen molar-refractivity contribution in [2.45, 2.75) is 52.6 Å². The smallest absolute Gasteiger partial charge is 0.0605 e. The highest BCUT2D eigenvalue weighted by atomic mass is 16.3. The van der Waals surface area contributed by atoms with E-state index in [1.165, 1.54) is 17.6 Å². The fourth-order valence-electron chi connectivity index (χ4n) is 3.62. The first-order valence-corrected chi connectivity index (χ1v) is 6.45. The van der Waals surface area contributed by atoms with E-state index in [1.54, 1.807) is 0 Å². The second-order valence-corrected chi connectivity index (χ2v) is 6.08. The molecule has 0 aliphatic heterocycles. The second-order valence-electron chi connectivity index (χ2n) is 6.08. The Morgan fingerprint density at radius 3 is 2.81 bits per heavy atom. The predicted molar refractivity (Wildman–Crippen MR) is 68.1 cm³/mol. The highest BCUT2D eigenvalue weighted by Gasteiger charge is 2.47. The third-order valence-electron chi connectivity index (χ3n) is 4.98. The lowest BCUT2D eigenvalue weighted by Crippen LogP contribution is -2.47. The van der Waals surface area contributed by atoms with Crippen LogP contribution in [0.2, 0.25) is 0 Å². The predicted octanol–water partition coefficient (Wildman–Crippen LogP) is 3.70. The molecule has 0 radical (unpaired) electrons. The van der Waals surface area contributed by atoms with Gasteiger partial charge in [0.2, 0.25) is 0 Å². The summed E-state index contributed by atoms with van der Waals surface area (Å²) < 4.78 is 0. The van der Waals surface area contributed by atoms with Crippen molar-refractivity contribution >= 4 is 0 Å². The van der Waals surface area contributed by atoms with Crippen LogP contribution in [-0.4, -0.2) is 11.2 Å². The molecule has 2 rings (SSSR count). The van der Waals surface area contributed by atoms with E-state index in [0.717, 1.165) is 19.3 Å². The van der Waals surface area contributed by atoms with Crippen LogP contribution in [0.15, 0.2) is 23.8 Å². The van der Waals surface area contributed by atoms with Gasteiger partial charge in [0, 0.05) is 5.41 Å². The molecular formula is C15H24O. The fourth-order valence-corrected chi connectivity index (χ4v) is 3.62. The van der Waals surface area contributed by atoms with Crippen LogP contribution in [-0.2, 0) is 0 Å². The molecule has 0 bridgehead atoms. The van der Waals surface area contributed by atoms with Crippen LogP contribution in [0.4, 0.5) is 0 Å². The Bertz CT molecular complexity index is 328. The van der Waals surface area contributed by atoms with Crippen molar-refractivity contribution in [3.05, 3.63) is 23.8 Å². The molecule has 0 amide bonds. The minimum atomic E-state index is -0.156. The van der Waals surface area contributed by atoms with Crippen molar-refractivity contribution in [1.82, 2.24) is 0 Å². The van der Waals surface area contributed by atoms with Gasteiger partial charge in [-0.2, -0.15) is 0 Å². The standard InChI is InChI=1S/C15H24O/c1-10(2)12-8-13-11(3)6-5-7-15(13,4)14(16)9-12/h6,12-14,16H,1,5,7-9H2,2-4H3. The van der Waals surface area contributed by atoms with Crippen LogP contribution in [0.1, 0.15) is 46.5 Å². The van der Waals surface area contributed by atoms with Crippen LogP contribution < -0.4 is 0 Å². The topological polar surface area (TPSA) is 20.2 Å². The average molecular weight is 220 g/mol. The van der Waals surface area contributed by atoms with Gasteiger partial charge in [0.15, 0.2) is 0 Å². The third-order valence-corrected chi connectivity index (χ3v) is 4.98. The SMILES string of the molecule is C=C(C)C1CC(O)C2(C)CCC=C(C)C2C1. The number of aliphatic hydroxyl groups is 1. The van der Waals surface area contributed by atoms with E-state index in [9.17, 15) is 5.11 Å². The molecule has 0 aromatic heterocycles. The minimum Gasteiger partial charge on any atom is -0.393 e. The van der Waals surface area contributed by atoms with Gasteiger partial charge >= 0.3 is 0 Å². The van der Waals surface area contributed by atoms with Gasteiger partial charge in [-0.3, -0.25) is 0 Å². The molecule has 1 fully saturated rings. The maximum atomic E-state index is 10.4. The maximum absolute atomic E-state index is 10.4. The van der Waals surface area contributed by atoms with E-state index >= 15 is 0 Å². The van der Waals surface area contributed by atoms with Gasteiger partial charge in [-0.25, -0.2) is 0 Å². The number of rotatable bonds is 1. The largest absolute Gasteiger partial charge is 0.393 e. The van der Waals surface area contributed by atoms with E-state index < -0.39 is 0 Å². The molecule has 1 N–H and O–H groups in total. The van der Waals surface area contributed by atoms with Gasteiger partial charge in [-0.15, -0.1) is 0 Å². The van der Waals surface area contributed by atoms with Crippen molar-refractivity contribution in [3.63, 3.8) is 0 Å². The Hall–Kier alpha value is -0.560. The highest BCUT2D eigenvalue weighted by Crippen LogP contribution is 2.52. The summed E-state index contributed by atoms with van der Waals surface area (Å²) in [5.41, 5.74) is 2.84. The molecule has 0 heterocycles. The molecule has 4 atom stereocenters. The highest BCUT2D eigenvalue weighted by molar-refractivity contribution is 5.19. The zero-order valence-corrected chi connectivity index (χ0v) is 10.8. The maximum Gasteiger partial charge on any atom is 0.0605 e. The molecule has 0 spiro atoms. The van der Waals surface area contributed by atoms with E-state index in [4.69, 9.17) is 0 Å². The van der Waals surface area contributed by atoms with Crippen molar-refractivity contribution < 1.29 is 5.11 Å². The summed E-state index contributed by atoms with van der Waals surface area (Å²) in [6, 6.07) is 0. The van der Waals surface area contributed by atoms with Crippen molar-refractivity contribution in [2.24, 2.45) is 17.3 Å². The van der Waals surface area contributed by atoms with Gasteiger partial charge in [0.1, 0.15) is 0 Å². The van der Waals surface area contributed by atoms with E-state index in [1.807, 2.05) is 0 Å². The molecule has 1 nitrogen and oxygen atoms in total. The molecule has 1 heteroatoms. The summed E-state index contributed by atoms with van der Waals surface area (Å²) in [5.74, 6) is 1.07. The average Bonchev–Trinajstić information content (AvgIpc) is 2.20. The van der Waals surface area contributed by atoms with Crippen LogP contribution in [0.5, 0.6) is 0 Å². The van der Waals surface area contributed by atoms with E-state index in [2.05, 4.69) is 33.4 Å². The Balaban J connectivity index is 2.28. The molecule has 90 valence electrons. The normalized spacial score (nSPS) is 43.5. The number of aliphatic hydroxyl groups excluding tert-OH is 1. The molecule has 1 saturated carbocycles. The first kappa shape index (κ1) is 11.9. The molecular weight excluding hydrogens is 196 g/mol. The van der Waals surface area contributed by atoms with Crippen LogP contribution >= 0.6 is 0 Å². The summed E-state index contributed by atoms with van der Waals surface area (Å²) in [4.78, 5) is 0. The summed E-state index contributed by atoms with van der Waals surface area (Å²) in [6.07, 6.45) is 6.57. The molecule has 2 aliphatic carbocycles. The van der Waals surface area contributed by atoms with Gasteiger partial charge < -0.3 is 5.11 Å². The van der Waals surface area contributed by atoms with Gasteiger partial charge in [-0.1, -0.05) is 30.7 Å². The van der Waals surface area contributed by atoms with Crippen LogP contribution in [0, 0.1) is 17.3 Å². The summed E-state index contributed by atoms with van der Waals surface area (Å²) in [7, 11) is 0. The summed E-state index contributed by atoms with van der Waals surface area (Å²) in [6.45, 7) is 10.7. The lowest BCUT2D eigenvalue weighted by molar-refractivity contribution is -0.0534. The van der Waals surface area contributed by atoms with Crippen LogP contribution in [0.3, 0.4) is 0 Å². The Labute approximate surface area is 99.3 Å². The van der Waals surface area contributed by atoms with Crippen LogP contribution in [0.25, 0.3) is 0 Å². The Morgan fingerprint density at radius 2 is 2.19 bits per heavy atom. The van der Waals surface area contributed by atoms with Crippen molar-refractivity contribution in [3.8, 4) is 0 Å². The second kappa shape index (κ2) is 4.03. The number of hydrogen-bond donors (Lipinski definition) is 1. The van der Waals surface area contributed by atoms with Gasteiger partial charge in [-0.05, 0) is 51.4 Å². The molecule has 0 aromatic rings. The minimum absolute atomic E-state index is 0.116. The van der Waals surface area contributed by atoms with Crippen molar-refractivity contribution in [2.75, 3.05) is 0 Å². The Morgan fingerprint density at radius 1 is 1.50 bits per heavy atom. The first-order valence-electron chi connectivity index (χ1n) is 6.45. The fraction of sp³-hybridized carbons (Fsp3) is 0.733. The number of fused-ring (bicyclic) bond motifs is 1. The zero-order valence-electron chi connectivity index (χ0n) is 10.8. The molecule has 16 heavy (non-hydrogen) atoms. The summed E-state index contributed by atoms with van der Waals surface area (Å²) in [5, 5.41) is 10.4. The van der Waals surface area contributed by atoms with Gasteiger partial charge in [0.05, 0.1) is 6.10 Å². The molecule has 4 unspecified atom stereocenters. The summed E-state index contributed by atoms with van der Waals surface area (Å²) >= 11 is 0. The molecule has 0 saturated heterocycles. The van der Waals surface area contributed by atoms with E-state index in [-0.39, 0.29) is 11.5 Å². The van der Waals surface area contributed by atoms with Crippen molar-refractivity contribution in [1.29, 1.82) is 0 Å². The molecule has 0 aromatic carbocycles.